The van der Waals surface area contributed by atoms with Crippen LogP contribution < -0.4 is 25.4 Å². The number of carbonyl (C=O) groups excluding carboxylic acids is 2. The Hall–Kier alpha value is -4.15. The van der Waals surface area contributed by atoms with Gasteiger partial charge in [0.2, 0.25) is 11.8 Å². The van der Waals surface area contributed by atoms with Crippen LogP contribution in [0.2, 0.25) is 0 Å². The third-order valence-electron chi connectivity index (χ3n) is 9.26. The van der Waals surface area contributed by atoms with Crippen molar-refractivity contribution in [1.82, 2.24) is 14.9 Å². The number of halogens is 1. The summed E-state index contributed by atoms with van der Waals surface area (Å²) in [6, 6.07) is 13.2. The van der Waals surface area contributed by atoms with Gasteiger partial charge in [0.1, 0.15) is 22.5 Å². The number of hydrogen-bond acceptors (Lipinski definition) is 7. The van der Waals surface area contributed by atoms with Crippen molar-refractivity contribution < 1.29 is 18.7 Å². The van der Waals surface area contributed by atoms with Crippen molar-refractivity contribution in [2.45, 2.75) is 66.5 Å². The van der Waals surface area contributed by atoms with Crippen molar-refractivity contribution in [3.05, 3.63) is 82.7 Å². The van der Waals surface area contributed by atoms with Crippen molar-refractivity contribution in [2.75, 3.05) is 36.5 Å². The number of pyridine rings is 2. The van der Waals surface area contributed by atoms with Crippen LogP contribution in [0.3, 0.4) is 0 Å². The average molecular weight is 664 g/mol. The van der Waals surface area contributed by atoms with E-state index in [0.717, 1.165) is 5.56 Å². The van der Waals surface area contributed by atoms with Crippen LogP contribution in [0, 0.1) is 18.3 Å². The molecular weight excluding hydrogens is 618 g/mol. The maximum Gasteiger partial charge on any atom is 0.261 e. The van der Waals surface area contributed by atoms with Gasteiger partial charge >= 0.3 is 0 Å². The van der Waals surface area contributed by atoms with E-state index in [1.54, 1.807) is 53.7 Å². The quantitative estimate of drug-likeness (QED) is 0.145. The predicted octanol–water partition coefficient (Wildman–Crippen LogP) is 6.08. The molecule has 0 aliphatic carbocycles. The number of furan rings is 1. The summed E-state index contributed by atoms with van der Waals surface area (Å²) in [5.74, 6) is 1.08. The summed E-state index contributed by atoms with van der Waals surface area (Å²) in [5, 5.41) is 4.40. The summed E-state index contributed by atoms with van der Waals surface area (Å²) in [6.07, 6.45) is 6.86. The second-order valence-corrected chi connectivity index (χ2v) is 12.9. The van der Waals surface area contributed by atoms with E-state index in [-0.39, 0.29) is 35.7 Å². The number of ether oxygens (including phenoxy) is 1. The van der Waals surface area contributed by atoms with Crippen LogP contribution >= 0.6 is 12.4 Å². The molecule has 0 saturated heterocycles. The maximum absolute atomic E-state index is 13.2. The zero-order valence-corrected chi connectivity index (χ0v) is 29.1. The fourth-order valence-electron chi connectivity index (χ4n) is 6.51. The fraction of sp³-hybridized carbons (Fsp3) is 0.444. The van der Waals surface area contributed by atoms with Gasteiger partial charge in [-0.1, -0.05) is 19.9 Å². The van der Waals surface area contributed by atoms with Crippen LogP contribution in [0.5, 0.6) is 5.75 Å². The van der Waals surface area contributed by atoms with Crippen LogP contribution in [-0.2, 0) is 21.7 Å². The molecule has 0 fully saturated rings. The Morgan fingerprint density at radius 1 is 1.06 bits per heavy atom. The Balaban J connectivity index is 0.00000500. The molecule has 1 aromatic carbocycles. The van der Waals surface area contributed by atoms with E-state index in [1.165, 1.54) is 0 Å². The molecule has 1 aliphatic heterocycles. The molecule has 1 N–H and O–H groups in total. The summed E-state index contributed by atoms with van der Waals surface area (Å²) in [4.78, 5) is 47.3. The second kappa shape index (κ2) is 14.3. The molecule has 0 bridgehead atoms. The molecule has 4 aromatic rings. The number of hydrogen-bond donors (Lipinski definition) is 1. The highest BCUT2D eigenvalue weighted by Crippen LogP contribution is 2.40. The predicted molar refractivity (Wildman–Crippen MR) is 188 cm³/mol. The van der Waals surface area contributed by atoms with Gasteiger partial charge in [-0.25, -0.2) is 0 Å². The standard InChI is InChI=1S/C36H45N5O5.ClH/c1-8-41-29-13-12-27(22-30(29)39(7)33(43)35(5,6)34(41)44)45-20-10-17-38-36(24(2)3,26-11-9-16-37-23-26)15-19-40-18-14-31-28(32(40)42)21-25(4)46-31;/h9,11-14,16,18,21-24,38H,8,10,15,17,19-20H2,1-7H3;1H. The largest absolute Gasteiger partial charge is 0.493 e. The topological polar surface area (TPSA) is 110 Å². The molecule has 1 unspecified atom stereocenters. The monoisotopic (exact) mass is 663 g/mol. The number of aromatic nitrogens is 2. The van der Waals surface area contributed by atoms with E-state index in [2.05, 4.69) is 30.2 Å². The van der Waals surface area contributed by atoms with Gasteiger partial charge in [0, 0.05) is 50.3 Å². The first kappa shape index (κ1) is 35.7. The number of benzene rings is 1. The van der Waals surface area contributed by atoms with E-state index in [1.807, 2.05) is 50.4 Å². The molecule has 0 spiro atoms. The number of carbonyl (C=O) groups is 2. The molecule has 47 heavy (non-hydrogen) atoms. The first-order chi connectivity index (χ1) is 21.9. The Morgan fingerprint density at radius 3 is 2.51 bits per heavy atom. The number of nitrogens with zero attached hydrogens (tertiary/aromatic N) is 4. The van der Waals surface area contributed by atoms with Crippen molar-refractivity contribution >= 4 is 46.6 Å². The van der Waals surface area contributed by atoms with Gasteiger partial charge in [-0.2, -0.15) is 0 Å². The lowest BCUT2D eigenvalue weighted by Gasteiger charge is -2.39. The van der Waals surface area contributed by atoms with Gasteiger partial charge < -0.3 is 28.8 Å². The summed E-state index contributed by atoms with van der Waals surface area (Å²) in [6.45, 7) is 13.6. The van der Waals surface area contributed by atoms with Crippen molar-refractivity contribution in [3.63, 3.8) is 0 Å². The minimum atomic E-state index is -1.16. The van der Waals surface area contributed by atoms with Crippen molar-refractivity contribution in [2.24, 2.45) is 11.3 Å². The molecule has 1 atom stereocenters. The van der Waals surface area contributed by atoms with Crippen molar-refractivity contribution in [1.29, 1.82) is 0 Å². The van der Waals surface area contributed by atoms with Gasteiger partial charge in [0.15, 0.2) is 0 Å². The van der Waals surface area contributed by atoms with E-state index >= 15 is 0 Å². The Bertz CT molecular complexity index is 1780. The number of amides is 2. The van der Waals surface area contributed by atoms with E-state index in [9.17, 15) is 14.4 Å². The summed E-state index contributed by atoms with van der Waals surface area (Å²) < 4.78 is 13.6. The minimum absolute atomic E-state index is 0. The second-order valence-electron chi connectivity index (χ2n) is 12.9. The highest BCUT2D eigenvalue weighted by atomic mass is 35.5. The lowest BCUT2D eigenvalue weighted by Crippen LogP contribution is -2.48. The fourth-order valence-corrected chi connectivity index (χ4v) is 6.51. The summed E-state index contributed by atoms with van der Waals surface area (Å²) in [5.41, 5.74) is 1.35. The zero-order valence-electron chi connectivity index (χ0n) is 28.3. The van der Waals surface area contributed by atoms with Gasteiger partial charge in [0.25, 0.3) is 5.56 Å². The number of fused-ring (bicyclic) bond motifs is 2. The van der Waals surface area contributed by atoms with Crippen LogP contribution in [0.15, 0.2) is 70.3 Å². The van der Waals surface area contributed by atoms with E-state index < -0.39 is 11.0 Å². The highest BCUT2D eigenvalue weighted by molar-refractivity contribution is 6.20. The van der Waals surface area contributed by atoms with Gasteiger partial charge in [-0.15, -0.1) is 12.4 Å². The normalized spacial score (nSPS) is 15.7. The Labute approximate surface area is 282 Å². The third-order valence-corrected chi connectivity index (χ3v) is 9.26. The molecular formula is C36H46ClN5O5. The van der Waals surface area contributed by atoms with E-state index in [0.29, 0.717) is 72.9 Å². The number of aryl methyl sites for hydroxylation is 2. The highest BCUT2D eigenvalue weighted by Gasteiger charge is 2.45. The molecule has 0 radical (unpaired) electrons. The zero-order chi connectivity index (χ0) is 33.2. The molecule has 5 rings (SSSR count). The SMILES string of the molecule is CCN1C(=O)C(C)(C)C(=O)N(C)c2cc(OCCCNC(CCn3ccc4oc(C)cc4c3=O)(c3cccnc3)C(C)C)ccc21.Cl. The molecule has 1 aliphatic rings. The van der Waals surface area contributed by atoms with Crippen LogP contribution in [-0.4, -0.2) is 48.1 Å². The molecule has 252 valence electrons. The Morgan fingerprint density at radius 2 is 1.83 bits per heavy atom. The number of rotatable bonds is 12. The molecule has 0 saturated carbocycles. The van der Waals surface area contributed by atoms with Crippen molar-refractivity contribution in [3.8, 4) is 5.75 Å². The molecule has 2 amide bonds. The summed E-state index contributed by atoms with van der Waals surface area (Å²) in [7, 11) is 1.70. The molecule has 4 heterocycles. The first-order valence-electron chi connectivity index (χ1n) is 16.0. The number of anilines is 2. The smallest absolute Gasteiger partial charge is 0.261 e. The third kappa shape index (κ3) is 6.80. The molecule has 11 heteroatoms. The average Bonchev–Trinajstić information content (AvgIpc) is 3.42. The number of nitrogens with one attached hydrogen (secondary N) is 1. The van der Waals surface area contributed by atoms with E-state index in [4.69, 9.17) is 9.15 Å². The lowest BCUT2D eigenvalue weighted by molar-refractivity contribution is -0.137. The van der Waals surface area contributed by atoms with Gasteiger partial charge in [0.05, 0.1) is 23.4 Å². The molecule has 10 nitrogen and oxygen atoms in total. The molecule has 3 aromatic heterocycles. The van der Waals surface area contributed by atoms with Crippen LogP contribution in [0.4, 0.5) is 11.4 Å². The first-order valence-corrected chi connectivity index (χ1v) is 16.0. The summed E-state index contributed by atoms with van der Waals surface area (Å²) >= 11 is 0. The van der Waals surface area contributed by atoms with Crippen LogP contribution in [0.1, 0.15) is 58.8 Å². The maximum atomic E-state index is 13.2. The lowest BCUT2D eigenvalue weighted by atomic mass is 9.77. The Kier molecular flexibility index (Phi) is 10.9. The van der Waals surface area contributed by atoms with Gasteiger partial charge in [-0.05, 0) is 88.9 Å². The minimum Gasteiger partial charge on any atom is -0.493 e. The van der Waals surface area contributed by atoms with Gasteiger partial charge in [-0.3, -0.25) is 19.4 Å². The van der Waals surface area contributed by atoms with Crippen LogP contribution in [0.25, 0.3) is 11.0 Å².